The molecule has 0 bridgehead atoms. The van der Waals surface area contributed by atoms with Crippen LogP contribution in [0.5, 0.6) is 23.0 Å². The standard InChI is InChI=1S/C28H24N2O5/c1-32-24-11-9-19(14-27(24)34-3)20(16-29)12-18-8-10-25(26(13-18)33-2)35-28(31)15-21-17-30-23-7-5-4-6-22(21)23/h4-14,17,30H,15H2,1-3H3/b20-12-. The van der Waals surface area contributed by atoms with Crippen molar-refractivity contribution in [2.75, 3.05) is 21.3 Å². The molecule has 1 N–H and O–H groups in total. The molecule has 35 heavy (non-hydrogen) atoms. The van der Waals surface area contributed by atoms with E-state index in [9.17, 15) is 10.1 Å². The topological polar surface area (TPSA) is 93.6 Å². The molecule has 0 aliphatic heterocycles. The number of fused-ring (bicyclic) bond motifs is 1. The Hall–Kier alpha value is -4.70. The van der Waals surface area contributed by atoms with Crippen molar-refractivity contribution in [3.05, 3.63) is 83.6 Å². The molecule has 0 spiro atoms. The van der Waals surface area contributed by atoms with Gasteiger partial charge in [-0.3, -0.25) is 4.79 Å². The van der Waals surface area contributed by atoms with Gasteiger partial charge >= 0.3 is 5.97 Å². The second-order valence-electron chi connectivity index (χ2n) is 7.66. The fourth-order valence-corrected chi connectivity index (χ4v) is 3.80. The lowest BCUT2D eigenvalue weighted by Gasteiger charge is -2.11. The first kappa shape index (κ1) is 23.5. The summed E-state index contributed by atoms with van der Waals surface area (Å²) in [6, 6.07) is 20.4. The highest BCUT2D eigenvalue weighted by atomic mass is 16.6. The number of ether oxygens (including phenoxy) is 4. The van der Waals surface area contributed by atoms with Crippen molar-refractivity contribution in [1.29, 1.82) is 5.26 Å². The van der Waals surface area contributed by atoms with E-state index >= 15 is 0 Å². The molecular weight excluding hydrogens is 444 g/mol. The molecule has 0 saturated carbocycles. The molecule has 4 rings (SSSR count). The smallest absolute Gasteiger partial charge is 0.315 e. The van der Waals surface area contributed by atoms with Gasteiger partial charge in [-0.1, -0.05) is 24.3 Å². The summed E-state index contributed by atoms with van der Waals surface area (Å²) < 4.78 is 21.6. The zero-order chi connectivity index (χ0) is 24.8. The number of H-pyrrole nitrogens is 1. The molecule has 176 valence electrons. The van der Waals surface area contributed by atoms with Crippen LogP contribution in [0.25, 0.3) is 22.6 Å². The number of allylic oxidation sites excluding steroid dienone is 1. The first-order valence-electron chi connectivity index (χ1n) is 10.8. The van der Waals surface area contributed by atoms with Gasteiger partial charge in [-0.15, -0.1) is 0 Å². The maximum atomic E-state index is 12.6. The fraction of sp³-hybridized carbons (Fsp3) is 0.143. The maximum absolute atomic E-state index is 12.6. The number of esters is 1. The minimum atomic E-state index is -0.403. The van der Waals surface area contributed by atoms with Gasteiger partial charge in [0.15, 0.2) is 23.0 Å². The minimum absolute atomic E-state index is 0.118. The molecule has 1 aromatic heterocycles. The summed E-state index contributed by atoms with van der Waals surface area (Å²) in [7, 11) is 4.60. The number of nitriles is 1. The minimum Gasteiger partial charge on any atom is -0.493 e. The molecule has 7 heteroatoms. The van der Waals surface area contributed by atoms with Crippen LogP contribution < -0.4 is 18.9 Å². The Kier molecular flexibility index (Phi) is 7.03. The fourth-order valence-electron chi connectivity index (χ4n) is 3.80. The molecule has 0 fully saturated rings. The van der Waals surface area contributed by atoms with Crippen LogP contribution in [0.1, 0.15) is 16.7 Å². The van der Waals surface area contributed by atoms with Crippen LogP contribution in [0.4, 0.5) is 0 Å². The van der Waals surface area contributed by atoms with E-state index in [-0.39, 0.29) is 6.42 Å². The maximum Gasteiger partial charge on any atom is 0.315 e. The van der Waals surface area contributed by atoms with Gasteiger partial charge in [-0.05, 0) is 59.2 Å². The van der Waals surface area contributed by atoms with Crippen molar-refractivity contribution in [3.63, 3.8) is 0 Å². The van der Waals surface area contributed by atoms with Crippen LogP contribution >= 0.6 is 0 Å². The van der Waals surface area contributed by atoms with E-state index in [1.165, 1.54) is 7.11 Å². The van der Waals surface area contributed by atoms with Gasteiger partial charge < -0.3 is 23.9 Å². The number of aromatic amines is 1. The number of methoxy groups -OCH3 is 3. The third-order valence-corrected chi connectivity index (χ3v) is 5.55. The molecule has 0 atom stereocenters. The highest BCUT2D eigenvalue weighted by Crippen LogP contribution is 2.33. The number of para-hydroxylation sites is 1. The Labute approximate surface area is 203 Å². The third kappa shape index (κ3) is 5.12. The predicted molar refractivity (Wildman–Crippen MR) is 134 cm³/mol. The van der Waals surface area contributed by atoms with Gasteiger partial charge in [-0.2, -0.15) is 5.26 Å². The van der Waals surface area contributed by atoms with Gasteiger partial charge in [0.2, 0.25) is 0 Å². The number of hydrogen-bond acceptors (Lipinski definition) is 6. The Morgan fingerprint density at radius 2 is 1.63 bits per heavy atom. The molecule has 0 aliphatic rings. The Balaban J connectivity index is 1.55. The van der Waals surface area contributed by atoms with Crippen molar-refractivity contribution < 1.29 is 23.7 Å². The van der Waals surface area contributed by atoms with Crippen LogP contribution in [-0.2, 0) is 11.2 Å². The lowest BCUT2D eigenvalue weighted by atomic mass is 10.0. The number of benzene rings is 3. The molecule has 0 aliphatic carbocycles. The number of carbonyl (C=O) groups is 1. The molecule has 3 aromatic carbocycles. The molecule has 4 aromatic rings. The highest BCUT2D eigenvalue weighted by molar-refractivity contribution is 5.91. The van der Waals surface area contributed by atoms with Crippen molar-refractivity contribution in [2.24, 2.45) is 0 Å². The zero-order valence-corrected chi connectivity index (χ0v) is 19.6. The van der Waals surface area contributed by atoms with Crippen LogP contribution in [0.15, 0.2) is 66.9 Å². The average molecular weight is 469 g/mol. The third-order valence-electron chi connectivity index (χ3n) is 5.55. The highest BCUT2D eigenvalue weighted by Gasteiger charge is 2.14. The van der Waals surface area contributed by atoms with Crippen LogP contribution in [0.2, 0.25) is 0 Å². The summed E-state index contributed by atoms with van der Waals surface area (Å²) in [5.74, 6) is 1.39. The molecular formula is C28H24N2O5. The second kappa shape index (κ2) is 10.5. The molecule has 0 saturated heterocycles. The molecule has 1 heterocycles. The number of nitrogens with one attached hydrogen (secondary N) is 1. The van der Waals surface area contributed by atoms with Crippen LogP contribution in [0, 0.1) is 11.3 Å². The average Bonchev–Trinajstić information content (AvgIpc) is 3.30. The van der Waals surface area contributed by atoms with Crippen molar-refractivity contribution in [2.45, 2.75) is 6.42 Å². The summed E-state index contributed by atoms with van der Waals surface area (Å²) in [5, 5.41) is 10.7. The Bertz CT molecular complexity index is 1450. The second-order valence-corrected chi connectivity index (χ2v) is 7.66. The van der Waals surface area contributed by atoms with Crippen molar-refractivity contribution >= 4 is 28.5 Å². The van der Waals surface area contributed by atoms with Gasteiger partial charge in [-0.25, -0.2) is 0 Å². The summed E-state index contributed by atoms with van der Waals surface area (Å²) in [6.45, 7) is 0. The largest absolute Gasteiger partial charge is 0.493 e. The number of nitrogens with zero attached hydrogens (tertiary/aromatic N) is 1. The number of carbonyl (C=O) groups excluding carboxylic acids is 1. The molecule has 0 radical (unpaired) electrons. The van der Waals surface area contributed by atoms with E-state index in [4.69, 9.17) is 18.9 Å². The first-order valence-corrected chi connectivity index (χ1v) is 10.8. The quantitative estimate of drug-likeness (QED) is 0.161. The van der Waals surface area contributed by atoms with Crippen molar-refractivity contribution in [1.82, 2.24) is 4.98 Å². The molecule has 0 unspecified atom stereocenters. The van der Waals surface area contributed by atoms with E-state index in [2.05, 4.69) is 11.1 Å². The molecule has 0 amide bonds. The number of rotatable bonds is 8. The number of aromatic nitrogens is 1. The first-order chi connectivity index (χ1) is 17.1. The van der Waals surface area contributed by atoms with Crippen LogP contribution in [0.3, 0.4) is 0 Å². The Morgan fingerprint density at radius 3 is 2.37 bits per heavy atom. The lowest BCUT2D eigenvalue weighted by Crippen LogP contribution is -2.11. The van der Waals surface area contributed by atoms with Gasteiger partial charge in [0.1, 0.15) is 0 Å². The van der Waals surface area contributed by atoms with E-state index in [0.717, 1.165) is 16.5 Å². The van der Waals surface area contributed by atoms with Crippen LogP contribution in [-0.4, -0.2) is 32.3 Å². The lowest BCUT2D eigenvalue weighted by molar-refractivity contribution is -0.133. The van der Waals surface area contributed by atoms with Gasteiger partial charge in [0.25, 0.3) is 0 Å². The van der Waals surface area contributed by atoms with E-state index < -0.39 is 5.97 Å². The summed E-state index contributed by atoms with van der Waals surface area (Å²) >= 11 is 0. The summed E-state index contributed by atoms with van der Waals surface area (Å²) in [5.41, 5.74) is 3.64. The van der Waals surface area contributed by atoms with E-state index in [1.54, 1.807) is 56.7 Å². The van der Waals surface area contributed by atoms with Crippen molar-refractivity contribution in [3.8, 4) is 29.1 Å². The SMILES string of the molecule is COc1ccc(/C(C#N)=C\c2ccc(OC(=O)Cc3c[nH]c4ccccc34)c(OC)c2)cc1OC. The monoisotopic (exact) mass is 468 g/mol. The summed E-state index contributed by atoms with van der Waals surface area (Å²) in [4.78, 5) is 15.8. The molecule has 7 nitrogen and oxygen atoms in total. The van der Waals surface area contributed by atoms with E-state index in [0.29, 0.717) is 39.7 Å². The van der Waals surface area contributed by atoms with Gasteiger partial charge in [0.05, 0.1) is 39.4 Å². The Morgan fingerprint density at radius 1 is 0.914 bits per heavy atom. The zero-order valence-electron chi connectivity index (χ0n) is 19.6. The predicted octanol–water partition coefficient (Wildman–Crippen LogP) is 5.41. The number of hydrogen-bond donors (Lipinski definition) is 1. The van der Waals surface area contributed by atoms with E-state index in [1.807, 2.05) is 30.5 Å². The normalized spacial score (nSPS) is 11.1. The summed E-state index contributed by atoms with van der Waals surface area (Å²) in [6.07, 6.45) is 3.66. The van der Waals surface area contributed by atoms with Gasteiger partial charge in [0, 0.05) is 17.1 Å².